The lowest BCUT2D eigenvalue weighted by molar-refractivity contribution is 0.0928. The molecular weight excluding hydrogens is 380 g/mol. The third-order valence-corrected chi connectivity index (χ3v) is 5.52. The van der Waals surface area contributed by atoms with Crippen LogP contribution in [0.15, 0.2) is 53.1 Å². The lowest BCUT2D eigenvalue weighted by Gasteiger charge is -2.23. The van der Waals surface area contributed by atoms with Gasteiger partial charge in [0.05, 0.1) is 31.5 Å². The van der Waals surface area contributed by atoms with E-state index in [1.54, 1.807) is 26.5 Å². The zero-order chi connectivity index (χ0) is 20.9. The summed E-state index contributed by atoms with van der Waals surface area (Å²) in [6, 6.07) is 13.1. The van der Waals surface area contributed by atoms with E-state index >= 15 is 0 Å². The zero-order valence-electron chi connectivity index (χ0n) is 17.3. The molecule has 0 radical (unpaired) electrons. The smallest absolute Gasteiger partial charge is 0.252 e. The Morgan fingerprint density at radius 2 is 1.83 bits per heavy atom. The van der Waals surface area contributed by atoms with Crippen LogP contribution in [0.3, 0.4) is 0 Å². The Balaban J connectivity index is 1.62. The van der Waals surface area contributed by atoms with Crippen molar-refractivity contribution in [3.63, 3.8) is 0 Å². The second-order valence-electron chi connectivity index (χ2n) is 7.45. The molecule has 1 aliphatic carbocycles. The van der Waals surface area contributed by atoms with Crippen molar-refractivity contribution in [1.82, 2.24) is 10.3 Å². The van der Waals surface area contributed by atoms with Crippen molar-refractivity contribution in [2.75, 3.05) is 14.2 Å². The fraction of sp³-hybridized carbons (Fsp3) is 0.333. The third-order valence-electron chi connectivity index (χ3n) is 5.52. The molecule has 1 aromatic heterocycles. The van der Waals surface area contributed by atoms with Crippen LogP contribution in [0.5, 0.6) is 11.5 Å². The van der Waals surface area contributed by atoms with E-state index in [1.165, 1.54) is 19.3 Å². The van der Waals surface area contributed by atoms with Crippen LogP contribution in [0.25, 0.3) is 22.8 Å². The second kappa shape index (κ2) is 9.03. The van der Waals surface area contributed by atoms with Gasteiger partial charge in [-0.3, -0.25) is 4.79 Å². The number of ether oxygens (including phenoxy) is 2. The lowest BCUT2D eigenvalue weighted by atomic mass is 9.95. The van der Waals surface area contributed by atoms with Crippen molar-refractivity contribution in [3.05, 3.63) is 54.2 Å². The van der Waals surface area contributed by atoms with Gasteiger partial charge in [-0.2, -0.15) is 0 Å². The Hall–Kier alpha value is -3.28. The van der Waals surface area contributed by atoms with Crippen LogP contribution in [0.2, 0.25) is 0 Å². The monoisotopic (exact) mass is 406 g/mol. The molecule has 1 aliphatic rings. The fourth-order valence-electron chi connectivity index (χ4n) is 3.90. The molecule has 1 fully saturated rings. The van der Waals surface area contributed by atoms with Gasteiger partial charge in [-0.25, -0.2) is 4.98 Å². The molecule has 0 atom stereocenters. The first-order valence-electron chi connectivity index (χ1n) is 10.3. The number of oxazole rings is 1. The van der Waals surface area contributed by atoms with Gasteiger partial charge in [-0.15, -0.1) is 0 Å². The van der Waals surface area contributed by atoms with Crippen LogP contribution in [0.4, 0.5) is 0 Å². The van der Waals surface area contributed by atoms with Crippen molar-refractivity contribution >= 4 is 5.91 Å². The standard InChI is InChI=1S/C24H26N2O4/c1-28-17-12-13-20(21(14-17)29-2)22-15-25-24(30-22)19-11-7-6-10-18(19)23(27)26-16-8-4-3-5-9-16/h6-7,10-16H,3-5,8-9H2,1-2H3,(H,26,27). The highest BCUT2D eigenvalue weighted by atomic mass is 16.5. The van der Waals surface area contributed by atoms with Crippen LogP contribution in [-0.4, -0.2) is 31.2 Å². The number of carbonyl (C=O) groups is 1. The molecule has 0 unspecified atom stereocenters. The van der Waals surface area contributed by atoms with E-state index in [2.05, 4.69) is 10.3 Å². The van der Waals surface area contributed by atoms with Crippen molar-refractivity contribution < 1.29 is 18.7 Å². The van der Waals surface area contributed by atoms with Crippen LogP contribution >= 0.6 is 0 Å². The van der Waals surface area contributed by atoms with Crippen LogP contribution in [-0.2, 0) is 0 Å². The number of rotatable bonds is 6. The van der Waals surface area contributed by atoms with Crippen molar-refractivity contribution in [2.24, 2.45) is 0 Å². The predicted molar refractivity (Wildman–Crippen MR) is 115 cm³/mol. The summed E-state index contributed by atoms with van der Waals surface area (Å²) in [6.07, 6.45) is 7.30. The van der Waals surface area contributed by atoms with Gasteiger partial charge in [0.2, 0.25) is 5.89 Å². The molecule has 0 bridgehead atoms. The van der Waals surface area contributed by atoms with E-state index < -0.39 is 0 Å². The molecule has 1 amide bonds. The normalized spacial score (nSPS) is 14.3. The van der Waals surface area contributed by atoms with Gasteiger partial charge in [0.25, 0.3) is 5.91 Å². The number of aromatic nitrogens is 1. The predicted octanol–water partition coefficient (Wildman–Crippen LogP) is 5.09. The quantitative estimate of drug-likeness (QED) is 0.617. The first kappa shape index (κ1) is 20.0. The van der Waals surface area contributed by atoms with Crippen LogP contribution in [0, 0.1) is 0 Å². The largest absolute Gasteiger partial charge is 0.497 e. The molecule has 0 aliphatic heterocycles. The minimum absolute atomic E-state index is 0.0840. The van der Waals surface area contributed by atoms with E-state index in [0.717, 1.165) is 18.4 Å². The molecule has 4 rings (SSSR count). The second-order valence-corrected chi connectivity index (χ2v) is 7.45. The van der Waals surface area contributed by atoms with Gasteiger partial charge < -0.3 is 19.2 Å². The van der Waals surface area contributed by atoms with Gasteiger partial charge in [0.15, 0.2) is 5.76 Å². The van der Waals surface area contributed by atoms with Gasteiger partial charge in [-0.05, 0) is 37.1 Å². The molecule has 6 heteroatoms. The Labute approximate surface area is 176 Å². The molecule has 1 saturated carbocycles. The summed E-state index contributed by atoms with van der Waals surface area (Å²) in [5.74, 6) is 2.20. The molecule has 0 spiro atoms. The molecule has 156 valence electrons. The van der Waals surface area contributed by atoms with Crippen LogP contribution in [0.1, 0.15) is 42.5 Å². The highest BCUT2D eigenvalue weighted by Crippen LogP contribution is 2.35. The Morgan fingerprint density at radius 1 is 1.03 bits per heavy atom. The fourth-order valence-corrected chi connectivity index (χ4v) is 3.90. The summed E-state index contributed by atoms with van der Waals surface area (Å²) in [7, 11) is 3.21. The number of benzene rings is 2. The topological polar surface area (TPSA) is 73.6 Å². The summed E-state index contributed by atoms with van der Waals surface area (Å²) in [6.45, 7) is 0. The number of hydrogen-bond acceptors (Lipinski definition) is 5. The molecule has 3 aromatic rings. The summed E-state index contributed by atoms with van der Waals surface area (Å²) in [5, 5.41) is 3.17. The van der Waals surface area contributed by atoms with E-state index in [9.17, 15) is 4.79 Å². The van der Waals surface area contributed by atoms with Gasteiger partial charge >= 0.3 is 0 Å². The highest BCUT2D eigenvalue weighted by Gasteiger charge is 2.21. The average Bonchev–Trinajstić information content (AvgIpc) is 3.29. The molecular formula is C24H26N2O4. The zero-order valence-corrected chi connectivity index (χ0v) is 17.3. The maximum absolute atomic E-state index is 12.9. The SMILES string of the molecule is COc1ccc(-c2cnc(-c3ccccc3C(=O)NC3CCCCC3)o2)c(OC)c1. The Kier molecular flexibility index (Phi) is 6.02. The van der Waals surface area contributed by atoms with E-state index in [0.29, 0.717) is 34.3 Å². The van der Waals surface area contributed by atoms with Gasteiger partial charge in [0.1, 0.15) is 11.5 Å². The maximum atomic E-state index is 12.9. The number of nitrogens with one attached hydrogen (secondary N) is 1. The van der Waals surface area contributed by atoms with E-state index in [-0.39, 0.29) is 11.9 Å². The minimum Gasteiger partial charge on any atom is -0.497 e. The maximum Gasteiger partial charge on any atom is 0.252 e. The van der Waals surface area contributed by atoms with Crippen LogP contribution < -0.4 is 14.8 Å². The van der Waals surface area contributed by atoms with E-state index in [1.807, 2.05) is 36.4 Å². The molecule has 2 aromatic carbocycles. The lowest BCUT2D eigenvalue weighted by Crippen LogP contribution is -2.36. The summed E-state index contributed by atoms with van der Waals surface area (Å²) in [4.78, 5) is 17.4. The summed E-state index contributed by atoms with van der Waals surface area (Å²) in [5.41, 5.74) is 2.00. The van der Waals surface area contributed by atoms with Crippen molar-refractivity contribution in [3.8, 4) is 34.3 Å². The highest BCUT2D eigenvalue weighted by molar-refractivity contribution is 6.00. The third kappa shape index (κ3) is 4.17. The molecule has 0 saturated heterocycles. The first-order valence-corrected chi connectivity index (χ1v) is 10.3. The van der Waals surface area contributed by atoms with E-state index in [4.69, 9.17) is 13.9 Å². The molecule has 1 N–H and O–H groups in total. The summed E-state index contributed by atoms with van der Waals surface area (Å²) >= 11 is 0. The molecule has 6 nitrogen and oxygen atoms in total. The minimum atomic E-state index is -0.0840. The molecule has 1 heterocycles. The van der Waals surface area contributed by atoms with Crippen molar-refractivity contribution in [2.45, 2.75) is 38.1 Å². The van der Waals surface area contributed by atoms with Gasteiger partial charge in [-0.1, -0.05) is 31.4 Å². The number of nitrogens with zero attached hydrogens (tertiary/aromatic N) is 1. The number of methoxy groups -OCH3 is 2. The molecule has 30 heavy (non-hydrogen) atoms. The first-order chi connectivity index (χ1) is 14.7. The van der Waals surface area contributed by atoms with Gasteiger partial charge in [0, 0.05) is 17.7 Å². The van der Waals surface area contributed by atoms with Crippen molar-refractivity contribution in [1.29, 1.82) is 0 Å². The number of carbonyl (C=O) groups excluding carboxylic acids is 1. The summed E-state index contributed by atoms with van der Waals surface area (Å²) < 4.78 is 16.8. The number of amides is 1. The number of hydrogen-bond donors (Lipinski definition) is 1. The Bertz CT molecular complexity index is 1020. The Morgan fingerprint density at radius 3 is 2.60 bits per heavy atom. The average molecular weight is 406 g/mol.